The third-order valence-corrected chi connectivity index (χ3v) is 5.49. The highest BCUT2D eigenvalue weighted by molar-refractivity contribution is 7.89. The van der Waals surface area contributed by atoms with E-state index in [-0.39, 0.29) is 17.5 Å². The van der Waals surface area contributed by atoms with Gasteiger partial charge in [0.2, 0.25) is 5.95 Å². The van der Waals surface area contributed by atoms with E-state index in [1.807, 2.05) is 13.8 Å². The van der Waals surface area contributed by atoms with Gasteiger partial charge < -0.3 is 9.47 Å². The molecule has 0 bridgehead atoms. The molecule has 0 atom stereocenters. The van der Waals surface area contributed by atoms with Gasteiger partial charge in [-0.2, -0.15) is 0 Å². The number of nitrogens with zero attached hydrogens (tertiary/aromatic N) is 5. The van der Waals surface area contributed by atoms with Gasteiger partial charge >= 0.3 is 0 Å². The quantitative estimate of drug-likeness (QED) is 0.833. The molecule has 1 aliphatic heterocycles. The standard InChI is InChI=1S/C16H24N6O2S/c1-12(2)15-20-14(11-21(15)3)25(23,24)18-10-13-6-7-17-16(19-13)22-8-4-5-9-22/h6-7,11-12,18H,4-5,8-10H2,1-3H3. The summed E-state index contributed by atoms with van der Waals surface area (Å²) < 4.78 is 29.3. The van der Waals surface area contributed by atoms with Gasteiger partial charge in [0.15, 0.2) is 5.03 Å². The number of hydrogen-bond donors (Lipinski definition) is 1. The Kier molecular flexibility index (Phi) is 5.05. The van der Waals surface area contributed by atoms with Gasteiger partial charge in [-0.05, 0) is 18.9 Å². The lowest BCUT2D eigenvalue weighted by molar-refractivity contribution is 0.576. The SMILES string of the molecule is CC(C)c1nc(S(=O)(=O)NCc2ccnc(N3CCCC3)n2)cn1C. The van der Waals surface area contributed by atoms with E-state index in [4.69, 9.17) is 0 Å². The molecule has 25 heavy (non-hydrogen) atoms. The summed E-state index contributed by atoms with van der Waals surface area (Å²) in [6.45, 7) is 5.96. The van der Waals surface area contributed by atoms with Crippen LogP contribution in [0.4, 0.5) is 5.95 Å². The second kappa shape index (κ2) is 7.09. The number of aromatic nitrogens is 4. The van der Waals surface area contributed by atoms with Crippen molar-refractivity contribution >= 4 is 16.0 Å². The Balaban J connectivity index is 1.72. The number of hydrogen-bond acceptors (Lipinski definition) is 6. The summed E-state index contributed by atoms with van der Waals surface area (Å²) in [5.74, 6) is 1.55. The Labute approximate surface area is 148 Å². The highest BCUT2D eigenvalue weighted by atomic mass is 32.2. The fourth-order valence-corrected chi connectivity index (χ4v) is 3.91. The normalized spacial score (nSPS) is 15.3. The van der Waals surface area contributed by atoms with Crippen LogP contribution in [0.25, 0.3) is 0 Å². The molecule has 1 aliphatic rings. The van der Waals surface area contributed by atoms with Gasteiger partial charge in [0, 0.05) is 38.4 Å². The van der Waals surface area contributed by atoms with Crippen LogP contribution in [0.15, 0.2) is 23.5 Å². The van der Waals surface area contributed by atoms with Crippen molar-refractivity contribution in [1.29, 1.82) is 0 Å². The van der Waals surface area contributed by atoms with Crippen molar-refractivity contribution in [2.45, 2.75) is 44.2 Å². The van der Waals surface area contributed by atoms with Crippen molar-refractivity contribution in [3.63, 3.8) is 0 Å². The van der Waals surface area contributed by atoms with Crippen LogP contribution in [0.5, 0.6) is 0 Å². The van der Waals surface area contributed by atoms with Crippen LogP contribution in [0, 0.1) is 0 Å². The van der Waals surface area contributed by atoms with E-state index in [0.717, 1.165) is 31.8 Å². The third kappa shape index (κ3) is 3.98. The molecule has 3 rings (SSSR count). The first-order valence-electron chi connectivity index (χ1n) is 8.46. The van der Waals surface area contributed by atoms with Crippen LogP contribution in [0.2, 0.25) is 0 Å². The van der Waals surface area contributed by atoms with Crippen molar-refractivity contribution in [1.82, 2.24) is 24.2 Å². The molecule has 8 nitrogen and oxygen atoms in total. The van der Waals surface area contributed by atoms with Crippen LogP contribution in [0.1, 0.15) is 44.1 Å². The molecule has 0 aromatic carbocycles. The zero-order valence-electron chi connectivity index (χ0n) is 14.8. The monoisotopic (exact) mass is 364 g/mol. The molecule has 0 spiro atoms. The lowest BCUT2D eigenvalue weighted by Gasteiger charge is -2.15. The topological polar surface area (TPSA) is 93.0 Å². The van der Waals surface area contributed by atoms with Crippen LogP contribution in [0.3, 0.4) is 0 Å². The summed E-state index contributed by atoms with van der Waals surface area (Å²) >= 11 is 0. The maximum Gasteiger partial charge on any atom is 0.259 e. The second-order valence-electron chi connectivity index (χ2n) is 6.57. The van der Waals surface area contributed by atoms with Crippen LogP contribution < -0.4 is 9.62 Å². The molecule has 0 aliphatic carbocycles. The average molecular weight is 364 g/mol. The van der Waals surface area contributed by atoms with Crippen molar-refractivity contribution in [2.75, 3.05) is 18.0 Å². The fourth-order valence-electron chi connectivity index (χ4n) is 2.91. The molecule has 9 heteroatoms. The lowest BCUT2D eigenvalue weighted by Crippen LogP contribution is -2.25. The molecule has 0 unspecified atom stereocenters. The number of aryl methyl sites for hydroxylation is 1. The molecule has 3 heterocycles. The Morgan fingerprint density at radius 3 is 2.60 bits per heavy atom. The zero-order valence-corrected chi connectivity index (χ0v) is 15.6. The van der Waals surface area contributed by atoms with Crippen molar-refractivity contribution in [2.24, 2.45) is 7.05 Å². The first-order valence-corrected chi connectivity index (χ1v) is 9.95. The molecule has 1 fully saturated rings. The summed E-state index contributed by atoms with van der Waals surface area (Å²) in [4.78, 5) is 15.1. The van der Waals surface area contributed by atoms with Gasteiger partial charge in [-0.1, -0.05) is 13.8 Å². The maximum absolute atomic E-state index is 12.5. The van der Waals surface area contributed by atoms with Gasteiger partial charge in [0.1, 0.15) is 5.82 Å². The van der Waals surface area contributed by atoms with E-state index in [0.29, 0.717) is 11.6 Å². The molecule has 2 aromatic heterocycles. The van der Waals surface area contributed by atoms with Crippen molar-refractivity contribution in [3.05, 3.63) is 30.0 Å². The minimum Gasteiger partial charge on any atom is -0.341 e. The van der Waals surface area contributed by atoms with E-state index in [2.05, 4.69) is 24.6 Å². The molecule has 0 amide bonds. The number of imidazole rings is 1. The first kappa shape index (κ1) is 17.8. The maximum atomic E-state index is 12.5. The van der Waals surface area contributed by atoms with Gasteiger partial charge in [0.25, 0.3) is 10.0 Å². The van der Waals surface area contributed by atoms with Crippen molar-refractivity contribution in [3.8, 4) is 0 Å². The summed E-state index contributed by atoms with van der Waals surface area (Å²) in [6, 6.07) is 1.72. The van der Waals surface area contributed by atoms with Crippen LogP contribution in [-0.4, -0.2) is 41.0 Å². The highest BCUT2D eigenvalue weighted by Crippen LogP contribution is 2.17. The molecule has 0 radical (unpaired) electrons. The number of rotatable bonds is 6. The van der Waals surface area contributed by atoms with Gasteiger partial charge in [0.05, 0.1) is 12.2 Å². The molecular formula is C16H24N6O2S. The molecule has 2 aromatic rings. The Hall–Kier alpha value is -2.00. The predicted octanol–water partition coefficient (Wildman–Crippen LogP) is 1.41. The minimum absolute atomic E-state index is 0.0347. The number of sulfonamides is 1. The van der Waals surface area contributed by atoms with E-state index in [9.17, 15) is 8.42 Å². The summed E-state index contributed by atoms with van der Waals surface area (Å²) in [5, 5.41) is 0.0347. The Morgan fingerprint density at radius 2 is 1.96 bits per heavy atom. The smallest absolute Gasteiger partial charge is 0.259 e. The van der Waals surface area contributed by atoms with Crippen LogP contribution in [-0.2, 0) is 23.6 Å². The van der Waals surface area contributed by atoms with E-state index < -0.39 is 10.0 Å². The van der Waals surface area contributed by atoms with Gasteiger partial charge in [-0.25, -0.2) is 28.1 Å². The molecule has 136 valence electrons. The predicted molar refractivity (Wildman–Crippen MR) is 94.8 cm³/mol. The number of anilines is 1. The molecule has 1 N–H and O–H groups in total. The average Bonchev–Trinajstić information content (AvgIpc) is 3.23. The lowest BCUT2D eigenvalue weighted by atomic mass is 10.2. The number of nitrogens with one attached hydrogen (secondary N) is 1. The molecular weight excluding hydrogens is 340 g/mol. The third-order valence-electron chi connectivity index (χ3n) is 4.21. The van der Waals surface area contributed by atoms with Crippen molar-refractivity contribution < 1.29 is 8.42 Å². The fraction of sp³-hybridized carbons (Fsp3) is 0.562. The van der Waals surface area contributed by atoms with Gasteiger partial charge in [-0.15, -0.1) is 0 Å². The Bertz CT molecular complexity index is 840. The summed E-state index contributed by atoms with van der Waals surface area (Å²) in [7, 11) is -1.88. The minimum atomic E-state index is -3.68. The Morgan fingerprint density at radius 1 is 1.24 bits per heavy atom. The molecule has 1 saturated heterocycles. The largest absolute Gasteiger partial charge is 0.341 e. The zero-order chi connectivity index (χ0) is 18.0. The van der Waals surface area contributed by atoms with E-state index >= 15 is 0 Å². The van der Waals surface area contributed by atoms with Gasteiger partial charge in [-0.3, -0.25) is 0 Å². The molecule has 0 saturated carbocycles. The second-order valence-corrected chi connectivity index (χ2v) is 8.28. The summed E-state index contributed by atoms with van der Waals surface area (Å²) in [6.07, 6.45) is 5.48. The first-order chi connectivity index (χ1) is 11.9. The van der Waals surface area contributed by atoms with Crippen LogP contribution >= 0.6 is 0 Å². The summed E-state index contributed by atoms with van der Waals surface area (Å²) in [5.41, 5.74) is 0.639. The highest BCUT2D eigenvalue weighted by Gasteiger charge is 2.21. The van der Waals surface area contributed by atoms with E-state index in [1.54, 1.807) is 23.9 Å². The van der Waals surface area contributed by atoms with E-state index in [1.165, 1.54) is 6.20 Å².